The van der Waals surface area contributed by atoms with Crippen LogP contribution in [0.5, 0.6) is 0 Å². The summed E-state index contributed by atoms with van der Waals surface area (Å²) < 4.78 is 0. The molecule has 1 heterocycles. The van der Waals surface area contributed by atoms with Crippen LogP contribution in [0.15, 0.2) is 0 Å². The summed E-state index contributed by atoms with van der Waals surface area (Å²) in [7, 11) is 0. The Morgan fingerprint density at radius 2 is 1.46 bits per heavy atom. The van der Waals surface area contributed by atoms with E-state index in [1.807, 2.05) is 27.7 Å². The van der Waals surface area contributed by atoms with Crippen molar-refractivity contribution in [2.24, 2.45) is 0 Å². The van der Waals surface area contributed by atoms with E-state index in [0.29, 0.717) is 0 Å². The summed E-state index contributed by atoms with van der Waals surface area (Å²) in [5, 5.41) is 0. The SMILES string of the molecule is C.CC.CC.CC(C)N1CCC1C. The van der Waals surface area contributed by atoms with Crippen molar-refractivity contribution in [2.75, 3.05) is 6.54 Å². The average molecular weight is 189 g/mol. The predicted molar refractivity (Wildman–Crippen MR) is 65.3 cm³/mol. The highest BCUT2D eigenvalue weighted by Crippen LogP contribution is 2.18. The number of rotatable bonds is 1. The van der Waals surface area contributed by atoms with Crippen molar-refractivity contribution < 1.29 is 0 Å². The van der Waals surface area contributed by atoms with Gasteiger partial charge < -0.3 is 0 Å². The van der Waals surface area contributed by atoms with Gasteiger partial charge in [-0.05, 0) is 27.2 Å². The molecule has 0 radical (unpaired) electrons. The Morgan fingerprint density at radius 3 is 1.46 bits per heavy atom. The maximum absolute atomic E-state index is 2.51. The van der Waals surface area contributed by atoms with Gasteiger partial charge >= 0.3 is 0 Å². The van der Waals surface area contributed by atoms with Crippen LogP contribution in [0.2, 0.25) is 0 Å². The molecule has 0 aromatic rings. The van der Waals surface area contributed by atoms with E-state index < -0.39 is 0 Å². The summed E-state index contributed by atoms with van der Waals surface area (Å²) in [4.78, 5) is 2.51. The van der Waals surface area contributed by atoms with Crippen LogP contribution in [-0.4, -0.2) is 23.5 Å². The number of likely N-dealkylation sites (tertiary alicyclic amines) is 1. The van der Waals surface area contributed by atoms with Gasteiger partial charge in [-0.2, -0.15) is 0 Å². The van der Waals surface area contributed by atoms with Crippen molar-refractivity contribution in [2.45, 2.75) is 74.4 Å². The number of nitrogens with zero attached hydrogens (tertiary/aromatic N) is 1. The zero-order valence-electron chi connectivity index (χ0n) is 10.0. The van der Waals surface area contributed by atoms with E-state index in [4.69, 9.17) is 0 Å². The molecule has 0 aromatic heterocycles. The predicted octanol–water partition coefficient (Wildman–Crippen LogP) is 4.18. The zero-order chi connectivity index (χ0) is 10.1. The van der Waals surface area contributed by atoms with Crippen LogP contribution >= 0.6 is 0 Å². The van der Waals surface area contributed by atoms with E-state index in [9.17, 15) is 0 Å². The first-order valence-corrected chi connectivity index (χ1v) is 5.47. The maximum Gasteiger partial charge on any atom is 0.00818 e. The van der Waals surface area contributed by atoms with Crippen molar-refractivity contribution in [1.29, 1.82) is 0 Å². The van der Waals surface area contributed by atoms with Gasteiger partial charge in [0.15, 0.2) is 0 Å². The molecule has 1 rings (SSSR count). The molecule has 84 valence electrons. The molecule has 1 aliphatic rings. The third kappa shape index (κ3) is 7.06. The minimum Gasteiger partial charge on any atom is -0.298 e. The molecule has 0 spiro atoms. The van der Waals surface area contributed by atoms with E-state index >= 15 is 0 Å². The van der Waals surface area contributed by atoms with Gasteiger partial charge in [0.1, 0.15) is 0 Å². The Bertz CT molecular complexity index is 74.4. The minimum atomic E-state index is 0. The lowest BCUT2D eigenvalue weighted by Gasteiger charge is -2.41. The Balaban J connectivity index is -0.000000178. The third-order valence-corrected chi connectivity index (χ3v) is 2.03. The Kier molecular flexibility index (Phi) is 17.2. The molecule has 1 fully saturated rings. The van der Waals surface area contributed by atoms with Crippen LogP contribution in [-0.2, 0) is 0 Å². The molecular weight excluding hydrogens is 158 g/mol. The second-order valence-electron chi connectivity index (χ2n) is 2.97. The lowest BCUT2D eigenvalue weighted by atomic mass is 10.0. The molecule has 1 heteroatoms. The molecule has 1 unspecified atom stereocenters. The molecule has 1 atom stereocenters. The monoisotopic (exact) mass is 189 g/mol. The lowest BCUT2D eigenvalue weighted by Crippen LogP contribution is -2.49. The highest BCUT2D eigenvalue weighted by molar-refractivity contribution is 4.80. The lowest BCUT2D eigenvalue weighted by molar-refractivity contribution is 0.0693. The first-order chi connectivity index (χ1) is 5.72. The minimum absolute atomic E-state index is 0. The van der Waals surface area contributed by atoms with Gasteiger partial charge in [-0.25, -0.2) is 0 Å². The fourth-order valence-electron chi connectivity index (χ4n) is 1.30. The number of hydrogen-bond donors (Lipinski definition) is 0. The normalized spacial score (nSPS) is 19.8. The quantitative estimate of drug-likeness (QED) is 0.598. The Hall–Kier alpha value is -0.0400. The highest BCUT2D eigenvalue weighted by Gasteiger charge is 2.24. The molecule has 0 saturated carbocycles. The van der Waals surface area contributed by atoms with E-state index in [1.165, 1.54) is 13.0 Å². The van der Waals surface area contributed by atoms with E-state index in [0.717, 1.165) is 12.1 Å². The third-order valence-electron chi connectivity index (χ3n) is 2.03. The van der Waals surface area contributed by atoms with E-state index in [-0.39, 0.29) is 7.43 Å². The summed E-state index contributed by atoms with van der Waals surface area (Å²) in [5.41, 5.74) is 0. The van der Waals surface area contributed by atoms with Gasteiger partial charge in [-0.15, -0.1) is 0 Å². The van der Waals surface area contributed by atoms with Crippen molar-refractivity contribution in [1.82, 2.24) is 4.90 Å². The molecule has 0 aromatic carbocycles. The summed E-state index contributed by atoms with van der Waals surface area (Å²) in [6.45, 7) is 16.1. The molecule has 1 nitrogen and oxygen atoms in total. The van der Waals surface area contributed by atoms with Gasteiger partial charge in [-0.3, -0.25) is 4.90 Å². The fraction of sp³-hybridized carbons (Fsp3) is 1.00. The largest absolute Gasteiger partial charge is 0.298 e. The van der Waals surface area contributed by atoms with Crippen LogP contribution < -0.4 is 0 Å². The summed E-state index contributed by atoms with van der Waals surface area (Å²) >= 11 is 0. The van der Waals surface area contributed by atoms with E-state index in [2.05, 4.69) is 25.7 Å². The average Bonchev–Trinajstić information content (AvgIpc) is 2.08. The zero-order valence-corrected chi connectivity index (χ0v) is 10.0. The first kappa shape index (κ1) is 18.7. The van der Waals surface area contributed by atoms with Crippen LogP contribution in [0, 0.1) is 0 Å². The standard InChI is InChI=1S/C7H15N.2C2H6.CH4/c1-6(2)8-5-4-7(8)3;2*1-2;/h6-7H,4-5H2,1-3H3;2*1-2H3;1H4. The molecule has 0 amide bonds. The van der Waals surface area contributed by atoms with Gasteiger partial charge in [0.25, 0.3) is 0 Å². The molecule has 13 heavy (non-hydrogen) atoms. The molecule has 1 saturated heterocycles. The second kappa shape index (κ2) is 12.0. The van der Waals surface area contributed by atoms with Crippen molar-refractivity contribution in [3.8, 4) is 0 Å². The van der Waals surface area contributed by atoms with Crippen LogP contribution in [0.25, 0.3) is 0 Å². The molecule has 0 bridgehead atoms. The molecule has 0 N–H and O–H groups in total. The molecule has 1 aliphatic heterocycles. The summed E-state index contributed by atoms with van der Waals surface area (Å²) in [5.74, 6) is 0. The second-order valence-corrected chi connectivity index (χ2v) is 2.97. The number of hydrogen-bond acceptors (Lipinski definition) is 1. The summed E-state index contributed by atoms with van der Waals surface area (Å²) in [6, 6.07) is 1.62. The topological polar surface area (TPSA) is 3.24 Å². The molecular formula is C12H31N. The Labute approximate surface area is 86.5 Å². The van der Waals surface area contributed by atoms with Crippen molar-refractivity contribution in [3.63, 3.8) is 0 Å². The van der Waals surface area contributed by atoms with Gasteiger partial charge in [-0.1, -0.05) is 35.1 Å². The molecule has 0 aliphatic carbocycles. The van der Waals surface area contributed by atoms with Gasteiger partial charge in [0.2, 0.25) is 0 Å². The first-order valence-electron chi connectivity index (χ1n) is 5.47. The van der Waals surface area contributed by atoms with Gasteiger partial charge in [0, 0.05) is 18.6 Å². The maximum atomic E-state index is 2.51. The van der Waals surface area contributed by atoms with Crippen molar-refractivity contribution >= 4 is 0 Å². The highest BCUT2D eigenvalue weighted by atomic mass is 15.2. The van der Waals surface area contributed by atoms with Crippen LogP contribution in [0.4, 0.5) is 0 Å². The van der Waals surface area contributed by atoms with E-state index in [1.54, 1.807) is 0 Å². The van der Waals surface area contributed by atoms with Crippen LogP contribution in [0.3, 0.4) is 0 Å². The fourth-order valence-corrected chi connectivity index (χ4v) is 1.30. The summed E-state index contributed by atoms with van der Waals surface area (Å²) in [6.07, 6.45) is 1.40. The van der Waals surface area contributed by atoms with Gasteiger partial charge in [0.05, 0.1) is 0 Å². The van der Waals surface area contributed by atoms with Crippen molar-refractivity contribution in [3.05, 3.63) is 0 Å². The van der Waals surface area contributed by atoms with Crippen LogP contribution in [0.1, 0.15) is 62.3 Å². The Morgan fingerprint density at radius 1 is 1.08 bits per heavy atom. The smallest absolute Gasteiger partial charge is 0.00818 e.